The van der Waals surface area contributed by atoms with Crippen molar-refractivity contribution in [2.24, 2.45) is 7.05 Å². The molecule has 0 aliphatic rings. The maximum absolute atomic E-state index is 12.8. The highest BCUT2D eigenvalue weighted by Crippen LogP contribution is 2.33. The highest BCUT2D eigenvalue weighted by Gasteiger charge is 2.33. The summed E-state index contributed by atoms with van der Waals surface area (Å²) in [6.07, 6.45) is -2.56. The lowest BCUT2D eigenvalue weighted by atomic mass is 10.3. The second-order valence-electron chi connectivity index (χ2n) is 5.49. The SMILES string of the molecule is CCS(=O)(=O)c1cc(O)cnc1-c1nc2cc(C(F)(F)F)ncc2n1C. The van der Waals surface area contributed by atoms with Crippen molar-refractivity contribution in [3.8, 4) is 17.3 Å². The average molecular weight is 386 g/mol. The molecular formula is C15H13F3N4O3S. The fraction of sp³-hybridized carbons (Fsp3) is 0.267. The van der Waals surface area contributed by atoms with Crippen LogP contribution in [0.2, 0.25) is 0 Å². The molecule has 0 aliphatic carbocycles. The van der Waals surface area contributed by atoms with Gasteiger partial charge >= 0.3 is 6.18 Å². The van der Waals surface area contributed by atoms with E-state index in [4.69, 9.17) is 0 Å². The molecule has 0 saturated heterocycles. The van der Waals surface area contributed by atoms with Crippen molar-refractivity contribution in [3.63, 3.8) is 0 Å². The Hall–Kier alpha value is -2.69. The van der Waals surface area contributed by atoms with Gasteiger partial charge in [-0.1, -0.05) is 6.92 Å². The zero-order chi connectivity index (χ0) is 19.3. The van der Waals surface area contributed by atoms with Gasteiger partial charge in [-0.3, -0.25) is 0 Å². The van der Waals surface area contributed by atoms with Gasteiger partial charge in [0, 0.05) is 13.1 Å². The summed E-state index contributed by atoms with van der Waals surface area (Å²) < 4.78 is 64.5. The molecule has 1 N–H and O–H groups in total. The van der Waals surface area contributed by atoms with Crippen molar-refractivity contribution in [1.82, 2.24) is 19.5 Å². The molecule has 0 amide bonds. The number of hydrogen-bond acceptors (Lipinski definition) is 6. The van der Waals surface area contributed by atoms with E-state index < -0.39 is 21.7 Å². The van der Waals surface area contributed by atoms with E-state index in [1.807, 2.05) is 0 Å². The number of sulfone groups is 1. The quantitative estimate of drug-likeness (QED) is 0.743. The van der Waals surface area contributed by atoms with Gasteiger partial charge < -0.3 is 9.67 Å². The molecule has 0 unspecified atom stereocenters. The smallest absolute Gasteiger partial charge is 0.433 e. The van der Waals surface area contributed by atoms with Crippen LogP contribution >= 0.6 is 0 Å². The molecule has 26 heavy (non-hydrogen) atoms. The summed E-state index contributed by atoms with van der Waals surface area (Å²) in [6.45, 7) is 1.43. The van der Waals surface area contributed by atoms with Gasteiger partial charge in [0.05, 0.1) is 34.1 Å². The zero-order valence-corrected chi connectivity index (χ0v) is 14.4. The van der Waals surface area contributed by atoms with E-state index in [2.05, 4.69) is 15.0 Å². The number of hydrogen-bond donors (Lipinski definition) is 1. The molecule has 0 bridgehead atoms. The number of halogens is 3. The van der Waals surface area contributed by atoms with Crippen molar-refractivity contribution >= 4 is 20.9 Å². The molecule has 3 aromatic rings. The van der Waals surface area contributed by atoms with Crippen LogP contribution in [0.25, 0.3) is 22.6 Å². The molecule has 11 heteroatoms. The molecule has 0 aromatic carbocycles. The molecule has 3 aromatic heterocycles. The Labute approximate surface area is 146 Å². The first-order chi connectivity index (χ1) is 12.0. The van der Waals surface area contributed by atoms with Crippen molar-refractivity contribution in [3.05, 3.63) is 30.2 Å². The second kappa shape index (κ2) is 5.94. The molecule has 3 heterocycles. The van der Waals surface area contributed by atoms with Crippen molar-refractivity contribution in [2.75, 3.05) is 5.75 Å². The summed E-state index contributed by atoms with van der Waals surface area (Å²) in [5.74, 6) is -0.539. The van der Waals surface area contributed by atoms with E-state index in [-0.39, 0.29) is 38.9 Å². The monoisotopic (exact) mass is 386 g/mol. The Bertz CT molecular complexity index is 1110. The van der Waals surface area contributed by atoms with Crippen molar-refractivity contribution in [2.45, 2.75) is 18.0 Å². The van der Waals surface area contributed by atoms with Gasteiger partial charge in [0.1, 0.15) is 17.1 Å². The highest BCUT2D eigenvalue weighted by molar-refractivity contribution is 7.91. The second-order valence-corrected chi connectivity index (χ2v) is 7.74. The number of rotatable bonds is 3. The van der Waals surface area contributed by atoms with E-state index in [1.54, 1.807) is 0 Å². The Morgan fingerprint density at radius 3 is 2.50 bits per heavy atom. The van der Waals surface area contributed by atoms with Crippen LogP contribution in [-0.4, -0.2) is 38.8 Å². The number of imidazole rings is 1. The van der Waals surface area contributed by atoms with Crippen LogP contribution in [0.5, 0.6) is 5.75 Å². The molecular weight excluding hydrogens is 373 g/mol. The largest absolute Gasteiger partial charge is 0.506 e. The third-order valence-electron chi connectivity index (χ3n) is 3.82. The number of pyridine rings is 2. The molecule has 7 nitrogen and oxygen atoms in total. The number of aryl methyl sites for hydroxylation is 1. The molecule has 0 aliphatic heterocycles. The molecule has 0 atom stereocenters. The number of nitrogens with zero attached hydrogens (tertiary/aromatic N) is 4. The van der Waals surface area contributed by atoms with Crippen LogP contribution in [0.4, 0.5) is 13.2 Å². The maximum Gasteiger partial charge on any atom is 0.433 e. The van der Waals surface area contributed by atoms with Gasteiger partial charge in [0.15, 0.2) is 15.7 Å². The third kappa shape index (κ3) is 2.98. The third-order valence-corrected chi connectivity index (χ3v) is 5.56. The predicted octanol–water partition coefficient (Wildman–Crippen LogP) is 2.55. The Kier molecular flexibility index (Phi) is 4.14. The van der Waals surface area contributed by atoms with Gasteiger partial charge in [-0.25, -0.2) is 23.4 Å². The standard InChI is InChI=1S/C15H13F3N4O3S/c1-3-26(24,25)11-4-8(23)6-20-13(11)14-21-9-5-12(15(16,17)18)19-7-10(9)22(14)2/h4-7,23H,3H2,1-2H3. The van der Waals surface area contributed by atoms with E-state index in [9.17, 15) is 26.7 Å². The minimum atomic E-state index is -4.63. The van der Waals surface area contributed by atoms with Gasteiger partial charge in [0.25, 0.3) is 0 Å². The number of aromatic hydroxyl groups is 1. The summed E-state index contributed by atoms with van der Waals surface area (Å²) in [4.78, 5) is 11.2. The zero-order valence-electron chi connectivity index (χ0n) is 13.6. The summed E-state index contributed by atoms with van der Waals surface area (Å²) in [7, 11) is -2.25. The number of aromatic nitrogens is 4. The topological polar surface area (TPSA) is 98.0 Å². The molecule has 0 saturated carbocycles. The lowest BCUT2D eigenvalue weighted by Crippen LogP contribution is -2.08. The fourth-order valence-electron chi connectivity index (χ4n) is 2.45. The van der Waals surface area contributed by atoms with Crippen LogP contribution in [-0.2, 0) is 23.1 Å². The van der Waals surface area contributed by atoms with E-state index in [0.29, 0.717) is 0 Å². The Morgan fingerprint density at radius 1 is 1.19 bits per heavy atom. The molecule has 3 rings (SSSR count). The summed E-state index contributed by atoms with van der Waals surface area (Å²) in [5.41, 5.74) is -0.881. The fourth-order valence-corrected chi connectivity index (χ4v) is 3.50. The lowest BCUT2D eigenvalue weighted by molar-refractivity contribution is -0.141. The normalized spacial score (nSPS) is 12.7. The molecule has 0 radical (unpaired) electrons. The summed E-state index contributed by atoms with van der Waals surface area (Å²) in [5, 5.41) is 9.59. The average Bonchev–Trinajstić information content (AvgIpc) is 2.90. The number of alkyl halides is 3. The van der Waals surface area contributed by atoms with Crippen molar-refractivity contribution < 1.29 is 26.7 Å². The van der Waals surface area contributed by atoms with E-state index >= 15 is 0 Å². The number of fused-ring (bicyclic) bond motifs is 1. The highest BCUT2D eigenvalue weighted by atomic mass is 32.2. The van der Waals surface area contributed by atoms with Gasteiger partial charge in [-0.15, -0.1) is 0 Å². The summed E-state index contributed by atoms with van der Waals surface area (Å²) >= 11 is 0. The Balaban J connectivity index is 2.29. The minimum Gasteiger partial charge on any atom is -0.506 e. The predicted molar refractivity (Wildman–Crippen MR) is 86.1 cm³/mol. The van der Waals surface area contributed by atoms with Gasteiger partial charge in [-0.05, 0) is 6.07 Å². The van der Waals surface area contributed by atoms with Crippen molar-refractivity contribution in [1.29, 1.82) is 0 Å². The van der Waals surface area contributed by atoms with Crippen LogP contribution in [0, 0.1) is 0 Å². The lowest BCUT2D eigenvalue weighted by Gasteiger charge is -2.09. The van der Waals surface area contributed by atoms with Crippen LogP contribution < -0.4 is 0 Å². The van der Waals surface area contributed by atoms with Crippen LogP contribution in [0.15, 0.2) is 29.4 Å². The van der Waals surface area contributed by atoms with E-state index in [1.165, 1.54) is 18.5 Å². The van der Waals surface area contributed by atoms with E-state index in [0.717, 1.165) is 24.5 Å². The van der Waals surface area contributed by atoms with Crippen LogP contribution in [0.1, 0.15) is 12.6 Å². The first-order valence-corrected chi connectivity index (χ1v) is 9.01. The minimum absolute atomic E-state index is 0.000420. The summed E-state index contributed by atoms with van der Waals surface area (Å²) in [6, 6.07) is 1.83. The van der Waals surface area contributed by atoms with Crippen LogP contribution in [0.3, 0.4) is 0 Å². The van der Waals surface area contributed by atoms with Gasteiger partial charge in [-0.2, -0.15) is 13.2 Å². The molecule has 0 spiro atoms. The Morgan fingerprint density at radius 2 is 1.88 bits per heavy atom. The molecule has 0 fully saturated rings. The first-order valence-electron chi connectivity index (χ1n) is 7.36. The van der Waals surface area contributed by atoms with Gasteiger partial charge in [0.2, 0.25) is 0 Å². The molecule has 138 valence electrons. The first kappa shape index (κ1) is 18.1. The maximum atomic E-state index is 12.8.